The smallest absolute Gasteiger partial charge is 0.162 e. The zero-order valence-electron chi connectivity index (χ0n) is 19.0. The second-order valence-electron chi connectivity index (χ2n) is 9.12. The van der Waals surface area contributed by atoms with Crippen molar-refractivity contribution in [3.63, 3.8) is 0 Å². The largest absolute Gasteiger partial charge is 0.493 e. The average molecular weight is 429 g/mol. The number of benzene rings is 1. The van der Waals surface area contributed by atoms with Crippen molar-refractivity contribution in [1.82, 2.24) is 9.47 Å². The van der Waals surface area contributed by atoms with Crippen molar-refractivity contribution in [2.24, 2.45) is 0 Å². The van der Waals surface area contributed by atoms with Gasteiger partial charge in [0.1, 0.15) is 0 Å². The summed E-state index contributed by atoms with van der Waals surface area (Å²) in [6.45, 7) is 7.15. The van der Waals surface area contributed by atoms with Crippen molar-refractivity contribution in [3.05, 3.63) is 36.7 Å². The fraction of sp³-hybridized carbons (Fsp3) is 0.600. The summed E-state index contributed by atoms with van der Waals surface area (Å²) >= 11 is 0. The Morgan fingerprint density at radius 3 is 2.48 bits per heavy atom. The van der Waals surface area contributed by atoms with Crippen molar-refractivity contribution in [2.75, 3.05) is 26.7 Å². The van der Waals surface area contributed by atoms with Crippen LogP contribution in [0.1, 0.15) is 39.5 Å². The lowest BCUT2D eigenvalue weighted by atomic mass is 10.1. The third-order valence-corrected chi connectivity index (χ3v) is 6.23. The lowest BCUT2D eigenvalue weighted by Crippen LogP contribution is -2.48. The molecule has 6 heteroatoms. The highest BCUT2D eigenvalue weighted by Crippen LogP contribution is 2.35. The van der Waals surface area contributed by atoms with Crippen LogP contribution in [0.2, 0.25) is 0 Å². The van der Waals surface area contributed by atoms with Crippen LogP contribution in [0.3, 0.4) is 0 Å². The molecule has 4 rings (SSSR count). The van der Waals surface area contributed by atoms with E-state index in [2.05, 4.69) is 47.7 Å². The molecule has 0 amide bonds. The Morgan fingerprint density at radius 1 is 1.03 bits per heavy atom. The van der Waals surface area contributed by atoms with Gasteiger partial charge < -0.3 is 23.9 Å². The molecule has 170 valence electrons. The van der Waals surface area contributed by atoms with Gasteiger partial charge in [0.15, 0.2) is 11.5 Å². The number of aliphatic hydroxyl groups is 1. The first-order valence-electron chi connectivity index (χ1n) is 11.6. The second kappa shape index (κ2) is 10.1. The van der Waals surface area contributed by atoms with Gasteiger partial charge in [0.2, 0.25) is 0 Å². The van der Waals surface area contributed by atoms with Crippen LogP contribution in [-0.2, 0) is 11.3 Å². The Labute approximate surface area is 185 Å². The van der Waals surface area contributed by atoms with Crippen LogP contribution in [-0.4, -0.2) is 65.7 Å². The zero-order chi connectivity index (χ0) is 21.8. The maximum Gasteiger partial charge on any atom is 0.162 e. The monoisotopic (exact) mass is 428 g/mol. The van der Waals surface area contributed by atoms with E-state index in [1.807, 2.05) is 12.3 Å². The van der Waals surface area contributed by atoms with Gasteiger partial charge in [-0.3, -0.25) is 4.90 Å². The average Bonchev–Trinajstić information content (AvgIpc) is 3.39. The molecule has 2 aromatic rings. The normalized spacial score (nSPS) is 23.7. The van der Waals surface area contributed by atoms with Gasteiger partial charge in [-0.15, -0.1) is 0 Å². The fourth-order valence-corrected chi connectivity index (χ4v) is 4.89. The Balaban J connectivity index is 1.39. The molecule has 3 atom stereocenters. The molecule has 31 heavy (non-hydrogen) atoms. The molecule has 1 aliphatic heterocycles. The van der Waals surface area contributed by atoms with Crippen LogP contribution >= 0.6 is 0 Å². The minimum Gasteiger partial charge on any atom is -0.493 e. The minimum atomic E-state index is -0.421. The summed E-state index contributed by atoms with van der Waals surface area (Å²) in [4.78, 5) is 2.30. The van der Waals surface area contributed by atoms with E-state index in [9.17, 15) is 5.11 Å². The third kappa shape index (κ3) is 5.82. The maximum atomic E-state index is 10.6. The molecule has 0 spiro atoms. The summed E-state index contributed by atoms with van der Waals surface area (Å²) in [6, 6.07) is 8.20. The summed E-state index contributed by atoms with van der Waals surface area (Å²) in [5.41, 5.74) is 2.21. The summed E-state index contributed by atoms with van der Waals surface area (Å²) < 4.78 is 19.6. The van der Waals surface area contributed by atoms with Crippen molar-refractivity contribution in [3.8, 4) is 22.6 Å². The van der Waals surface area contributed by atoms with Crippen molar-refractivity contribution >= 4 is 0 Å². The molecule has 0 radical (unpaired) electrons. The van der Waals surface area contributed by atoms with Crippen LogP contribution in [0.4, 0.5) is 0 Å². The van der Waals surface area contributed by atoms with Crippen LogP contribution in [0, 0.1) is 0 Å². The first-order chi connectivity index (χ1) is 15.0. The van der Waals surface area contributed by atoms with E-state index in [1.54, 1.807) is 7.11 Å². The van der Waals surface area contributed by atoms with Crippen molar-refractivity contribution in [1.29, 1.82) is 0 Å². The first-order valence-corrected chi connectivity index (χ1v) is 11.6. The zero-order valence-corrected chi connectivity index (χ0v) is 19.0. The molecular weight excluding hydrogens is 392 g/mol. The van der Waals surface area contributed by atoms with Gasteiger partial charge in [-0.25, -0.2) is 0 Å². The van der Waals surface area contributed by atoms with Crippen LogP contribution < -0.4 is 9.47 Å². The summed E-state index contributed by atoms with van der Waals surface area (Å²) in [7, 11) is 1.68. The van der Waals surface area contributed by atoms with Gasteiger partial charge in [-0.2, -0.15) is 0 Å². The standard InChI is InChI=1S/C25H36N2O4/c1-18-13-27(14-19(2)30-18)17-22(28)16-26-11-10-21(15-26)20-8-9-24(29-3)25(12-20)31-23-6-4-5-7-23/h8-12,15,18-19,22-23,28H,4-7,13-14,16-17H2,1-3H3. The molecular formula is C25H36N2O4. The van der Waals surface area contributed by atoms with Crippen LogP contribution in [0.5, 0.6) is 11.5 Å². The lowest BCUT2D eigenvalue weighted by Gasteiger charge is -2.36. The van der Waals surface area contributed by atoms with E-state index >= 15 is 0 Å². The Bertz CT molecular complexity index is 836. The van der Waals surface area contributed by atoms with E-state index < -0.39 is 6.10 Å². The molecule has 1 aromatic carbocycles. The predicted octanol–water partition coefficient (Wildman–Crippen LogP) is 3.96. The molecule has 2 fully saturated rings. The minimum absolute atomic E-state index is 0.213. The maximum absolute atomic E-state index is 10.6. The third-order valence-electron chi connectivity index (χ3n) is 6.23. The van der Waals surface area contributed by atoms with Gasteiger partial charge in [0.25, 0.3) is 0 Å². The molecule has 1 aliphatic carbocycles. The molecule has 0 bridgehead atoms. The molecule has 1 saturated carbocycles. The number of rotatable bonds is 8. The number of morpholine rings is 1. The number of hydrogen-bond acceptors (Lipinski definition) is 5. The van der Waals surface area contributed by atoms with Gasteiger partial charge in [0.05, 0.1) is 31.5 Å². The Hall–Kier alpha value is -2.02. The first kappa shape index (κ1) is 22.2. The quantitative estimate of drug-likeness (QED) is 0.690. The summed E-state index contributed by atoms with van der Waals surface area (Å²) in [5.74, 6) is 1.59. The highest BCUT2D eigenvalue weighted by atomic mass is 16.5. The van der Waals surface area contributed by atoms with Gasteiger partial charge in [-0.1, -0.05) is 6.07 Å². The van der Waals surface area contributed by atoms with Gasteiger partial charge in [0, 0.05) is 38.6 Å². The van der Waals surface area contributed by atoms with E-state index in [0.29, 0.717) is 13.1 Å². The SMILES string of the molecule is COc1ccc(-c2ccn(CC(O)CN3CC(C)OC(C)C3)c2)cc1OC1CCCC1. The fourth-order valence-electron chi connectivity index (χ4n) is 4.89. The van der Waals surface area contributed by atoms with E-state index in [1.165, 1.54) is 12.8 Å². The Morgan fingerprint density at radius 2 is 1.77 bits per heavy atom. The van der Waals surface area contributed by atoms with Gasteiger partial charge >= 0.3 is 0 Å². The summed E-state index contributed by atoms with van der Waals surface area (Å²) in [6.07, 6.45) is 9.11. The number of ether oxygens (including phenoxy) is 3. The molecule has 6 nitrogen and oxygen atoms in total. The highest BCUT2D eigenvalue weighted by molar-refractivity contribution is 5.66. The number of aliphatic hydroxyl groups excluding tert-OH is 1. The van der Waals surface area contributed by atoms with Crippen molar-refractivity contribution in [2.45, 2.75) is 70.5 Å². The Kier molecular flexibility index (Phi) is 7.20. The number of nitrogens with zero attached hydrogens (tertiary/aromatic N) is 2. The molecule has 2 heterocycles. The highest BCUT2D eigenvalue weighted by Gasteiger charge is 2.24. The predicted molar refractivity (Wildman–Crippen MR) is 122 cm³/mol. The van der Waals surface area contributed by atoms with Crippen LogP contribution in [0.15, 0.2) is 36.7 Å². The molecule has 1 N–H and O–H groups in total. The van der Waals surface area contributed by atoms with Gasteiger partial charge in [-0.05, 0) is 68.9 Å². The van der Waals surface area contributed by atoms with E-state index in [4.69, 9.17) is 14.2 Å². The van der Waals surface area contributed by atoms with E-state index in [-0.39, 0.29) is 18.3 Å². The van der Waals surface area contributed by atoms with E-state index in [0.717, 1.165) is 48.6 Å². The van der Waals surface area contributed by atoms with Crippen molar-refractivity contribution < 1.29 is 19.3 Å². The summed E-state index contributed by atoms with van der Waals surface area (Å²) in [5, 5.41) is 10.6. The molecule has 1 saturated heterocycles. The molecule has 2 aliphatic rings. The van der Waals surface area contributed by atoms with Crippen LogP contribution in [0.25, 0.3) is 11.1 Å². The lowest BCUT2D eigenvalue weighted by molar-refractivity contribution is -0.0772. The number of β-amino-alcohol motifs (C(OH)–C–C–N with tert-alkyl or cyclic N) is 1. The number of methoxy groups -OCH3 is 1. The second-order valence-corrected chi connectivity index (χ2v) is 9.12. The molecule has 3 unspecified atom stereocenters. The molecule has 1 aromatic heterocycles. The number of hydrogen-bond donors (Lipinski definition) is 1. The topological polar surface area (TPSA) is 56.1 Å². The number of aromatic nitrogens is 1.